The van der Waals surface area contributed by atoms with Gasteiger partial charge in [-0.25, -0.2) is 18.4 Å². The van der Waals surface area contributed by atoms with Gasteiger partial charge in [0, 0.05) is 49.7 Å². The average Bonchev–Trinajstić information content (AvgIpc) is 3.10. The number of nitro groups is 1. The largest absolute Gasteiger partial charge is 0.496 e. The summed E-state index contributed by atoms with van der Waals surface area (Å²) >= 11 is 0. The van der Waals surface area contributed by atoms with E-state index in [-0.39, 0.29) is 37.6 Å². The maximum Gasteiger partial charge on any atom is 0.410 e. The minimum absolute atomic E-state index is 0.0640. The molecule has 2 aromatic carbocycles. The van der Waals surface area contributed by atoms with Crippen LogP contribution in [0.4, 0.5) is 29.7 Å². The zero-order valence-electron chi connectivity index (χ0n) is 18.3. The number of likely N-dealkylation sites (tertiary alicyclic amines) is 1. The molecule has 4 rings (SSSR count). The minimum Gasteiger partial charge on any atom is -0.496 e. The van der Waals surface area contributed by atoms with Crippen molar-refractivity contribution < 1.29 is 32.8 Å². The molecule has 2 aromatic rings. The summed E-state index contributed by atoms with van der Waals surface area (Å²) < 4.78 is 38.1. The second-order valence-corrected chi connectivity index (χ2v) is 8.20. The average molecular weight is 476 g/mol. The summed E-state index contributed by atoms with van der Waals surface area (Å²) in [7, 11) is 1.44. The van der Waals surface area contributed by atoms with E-state index in [4.69, 9.17) is 9.47 Å². The summed E-state index contributed by atoms with van der Waals surface area (Å²) in [6, 6.07) is 6.36. The summed E-state index contributed by atoms with van der Waals surface area (Å²) in [5.41, 5.74) is -0.715. The Morgan fingerprint density at radius 3 is 2.65 bits per heavy atom. The van der Waals surface area contributed by atoms with Crippen molar-refractivity contribution in [2.45, 2.75) is 25.0 Å². The van der Waals surface area contributed by atoms with Gasteiger partial charge >= 0.3 is 12.1 Å². The summed E-state index contributed by atoms with van der Waals surface area (Å²) in [6.45, 7) is 0.786. The van der Waals surface area contributed by atoms with Crippen molar-refractivity contribution in [3.8, 4) is 5.75 Å². The predicted molar refractivity (Wildman–Crippen MR) is 115 cm³/mol. The first-order chi connectivity index (χ1) is 16.2. The molecule has 0 saturated carbocycles. The number of halogens is 2. The molecule has 0 radical (unpaired) electrons. The number of ether oxygens (including phenoxy) is 2. The number of nitro benzene ring substituents is 1. The van der Waals surface area contributed by atoms with Crippen molar-refractivity contribution in [3.63, 3.8) is 0 Å². The number of hydrogen-bond donors (Lipinski definition) is 1. The van der Waals surface area contributed by atoms with E-state index in [1.807, 2.05) is 0 Å². The molecule has 2 heterocycles. The second-order valence-electron chi connectivity index (χ2n) is 8.20. The number of benzene rings is 2. The highest BCUT2D eigenvalue weighted by atomic mass is 19.1. The van der Waals surface area contributed by atoms with E-state index in [2.05, 4.69) is 5.32 Å². The van der Waals surface area contributed by atoms with Crippen molar-refractivity contribution in [1.29, 1.82) is 0 Å². The third-order valence-corrected chi connectivity index (χ3v) is 6.01. The van der Waals surface area contributed by atoms with Crippen molar-refractivity contribution in [3.05, 3.63) is 63.7 Å². The van der Waals surface area contributed by atoms with Crippen LogP contribution in [0.3, 0.4) is 0 Å². The van der Waals surface area contributed by atoms with Crippen LogP contribution in [0.25, 0.3) is 0 Å². The Labute approximate surface area is 193 Å². The van der Waals surface area contributed by atoms with Gasteiger partial charge < -0.3 is 19.7 Å². The van der Waals surface area contributed by atoms with Crippen LogP contribution >= 0.6 is 0 Å². The lowest BCUT2D eigenvalue weighted by atomic mass is 9.91. The molecule has 2 saturated heterocycles. The number of methoxy groups -OCH3 is 1. The Morgan fingerprint density at radius 1 is 1.24 bits per heavy atom. The molecule has 0 atom stereocenters. The Hall–Kier alpha value is -3.96. The highest BCUT2D eigenvalue weighted by molar-refractivity contribution is 5.89. The molecule has 0 aliphatic carbocycles. The number of non-ortho nitro benzene ring substituents is 1. The Kier molecular flexibility index (Phi) is 6.22. The topological polar surface area (TPSA) is 114 Å². The zero-order chi connectivity index (χ0) is 24.5. The summed E-state index contributed by atoms with van der Waals surface area (Å²) in [6.07, 6.45) is 0.133. The SMILES string of the molecule is COc1ccc([N+](=O)[O-])cc1CN1CC2(CCN(C(=O)Nc3cc(F)ccc3F)CC2)OC1=O. The van der Waals surface area contributed by atoms with Gasteiger partial charge in [-0.3, -0.25) is 15.0 Å². The molecule has 1 N–H and O–H groups in total. The Bertz CT molecular complexity index is 1140. The standard InChI is InChI=1S/C22H22F2N4O6/c1-33-19-5-3-16(28(31)32)10-14(19)12-27-13-22(34-21(27)30)6-8-26(9-7-22)20(29)25-18-11-15(23)2-4-17(18)24/h2-5,10-11H,6-9,12-13H2,1H3,(H,25,29). The van der Waals surface area contributed by atoms with Crippen molar-refractivity contribution in [2.75, 3.05) is 32.1 Å². The minimum atomic E-state index is -0.814. The highest BCUT2D eigenvalue weighted by Crippen LogP contribution is 2.35. The van der Waals surface area contributed by atoms with Crippen LogP contribution in [0.2, 0.25) is 0 Å². The maximum absolute atomic E-state index is 13.8. The molecule has 12 heteroatoms. The molecule has 2 fully saturated rings. The fourth-order valence-electron chi connectivity index (χ4n) is 4.19. The number of nitrogens with one attached hydrogen (secondary N) is 1. The monoisotopic (exact) mass is 476 g/mol. The molecule has 10 nitrogen and oxygen atoms in total. The Morgan fingerprint density at radius 2 is 1.97 bits per heavy atom. The molecule has 34 heavy (non-hydrogen) atoms. The first-order valence-corrected chi connectivity index (χ1v) is 10.5. The fourth-order valence-corrected chi connectivity index (χ4v) is 4.19. The zero-order valence-corrected chi connectivity index (χ0v) is 18.3. The number of carbonyl (C=O) groups excluding carboxylic acids is 2. The number of rotatable bonds is 5. The van der Waals surface area contributed by atoms with Crippen LogP contribution in [0.1, 0.15) is 18.4 Å². The maximum atomic E-state index is 13.8. The molecule has 3 amide bonds. The van der Waals surface area contributed by atoms with Gasteiger partial charge in [-0.15, -0.1) is 0 Å². The molecule has 0 bridgehead atoms. The van der Waals surface area contributed by atoms with E-state index in [1.165, 1.54) is 35.1 Å². The lowest BCUT2D eigenvalue weighted by Gasteiger charge is -2.37. The van der Waals surface area contributed by atoms with Gasteiger partial charge in [0.2, 0.25) is 0 Å². The van der Waals surface area contributed by atoms with E-state index >= 15 is 0 Å². The van der Waals surface area contributed by atoms with E-state index < -0.39 is 34.3 Å². The third kappa shape index (κ3) is 4.70. The van der Waals surface area contributed by atoms with E-state index in [0.717, 1.165) is 18.2 Å². The van der Waals surface area contributed by atoms with Crippen LogP contribution in [-0.2, 0) is 11.3 Å². The number of piperidine rings is 1. The molecule has 180 valence electrons. The van der Waals surface area contributed by atoms with Crippen LogP contribution in [0.5, 0.6) is 5.75 Å². The first-order valence-electron chi connectivity index (χ1n) is 10.5. The second kappa shape index (κ2) is 9.12. The van der Waals surface area contributed by atoms with Crippen LogP contribution in [0, 0.1) is 21.7 Å². The number of hydrogen-bond acceptors (Lipinski definition) is 6. The number of anilines is 1. The van der Waals surface area contributed by atoms with E-state index in [9.17, 15) is 28.5 Å². The molecule has 2 aliphatic heterocycles. The van der Waals surface area contributed by atoms with Gasteiger partial charge in [0.1, 0.15) is 23.0 Å². The lowest BCUT2D eigenvalue weighted by molar-refractivity contribution is -0.384. The molecular formula is C22H22F2N4O6. The van der Waals surface area contributed by atoms with Crippen molar-refractivity contribution >= 4 is 23.5 Å². The van der Waals surface area contributed by atoms with Gasteiger partial charge in [-0.2, -0.15) is 0 Å². The summed E-state index contributed by atoms with van der Waals surface area (Å²) in [5.74, 6) is -1.01. The van der Waals surface area contributed by atoms with Gasteiger partial charge in [0.05, 0.1) is 30.8 Å². The number of nitrogens with zero attached hydrogens (tertiary/aromatic N) is 3. The highest BCUT2D eigenvalue weighted by Gasteiger charge is 2.47. The van der Waals surface area contributed by atoms with E-state index in [0.29, 0.717) is 24.2 Å². The summed E-state index contributed by atoms with van der Waals surface area (Å²) in [5, 5.41) is 13.5. The van der Waals surface area contributed by atoms with Crippen LogP contribution in [0.15, 0.2) is 36.4 Å². The van der Waals surface area contributed by atoms with Gasteiger partial charge in [0.15, 0.2) is 0 Å². The van der Waals surface area contributed by atoms with Crippen LogP contribution < -0.4 is 10.1 Å². The first kappa shape index (κ1) is 23.2. The number of urea groups is 1. The molecule has 2 aliphatic rings. The molecule has 0 unspecified atom stereocenters. The quantitative estimate of drug-likeness (QED) is 0.517. The van der Waals surface area contributed by atoms with Crippen molar-refractivity contribution in [1.82, 2.24) is 9.80 Å². The third-order valence-electron chi connectivity index (χ3n) is 6.01. The van der Waals surface area contributed by atoms with Crippen LogP contribution in [-0.4, -0.2) is 59.2 Å². The number of amides is 3. The lowest BCUT2D eigenvalue weighted by Crippen LogP contribution is -2.49. The fraction of sp³-hybridized carbons (Fsp3) is 0.364. The van der Waals surface area contributed by atoms with E-state index in [1.54, 1.807) is 0 Å². The number of carbonyl (C=O) groups is 2. The molecular weight excluding hydrogens is 454 g/mol. The predicted octanol–water partition coefficient (Wildman–Crippen LogP) is 3.90. The van der Waals surface area contributed by atoms with Crippen molar-refractivity contribution in [2.24, 2.45) is 0 Å². The summed E-state index contributed by atoms with van der Waals surface area (Å²) in [4.78, 5) is 38.5. The molecule has 0 aromatic heterocycles. The smallest absolute Gasteiger partial charge is 0.410 e. The molecule has 1 spiro atoms. The van der Waals surface area contributed by atoms with Gasteiger partial charge in [-0.1, -0.05) is 0 Å². The van der Waals surface area contributed by atoms with Gasteiger partial charge in [0.25, 0.3) is 5.69 Å². The Balaban J connectivity index is 1.39. The van der Waals surface area contributed by atoms with Gasteiger partial charge in [-0.05, 0) is 18.2 Å². The normalized spacial score (nSPS) is 17.0.